The topological polar surface area (TPSA) is 150 Å². The Balaban J connectivity index is 1.36. The Morgan fingerprint density at radius 3 is 1.91 bits per heavy atom. The van der Waals surface area contributed by atoms with Gasteiger partial charge in [-0.2, -0.15) is 0 Å². The van der Waals surface area contributed by atoms with E-state index in [0.29, 0.717) is 25.9 Å². The molecule has 8 aliphatic heterocycles. The maximum absolute atomic E-state index is 14.9. The molecule has 5 saturated heterocycles. The number of alkyl halides is 1. The van der Waals surface area contributed by atoms with Crippen LogP contribution in [0.15, 0.2) is 24.3 Å². The van der Waals surface area contributed by atoms with Crippen molar-refractivity contribution < 1.29 is 61.1 Å². The highest BCUT2D eigenvalue weighted by molar-refractivity contribution is 14.1. The lowest BCUT2D eigenvalue weighted by Crippen LogP contribution is -2.67. The molecule has 8 aliphatic rings. The molecule has 18 atom stereocenters. The van der Waals surface area contributed by atoms with Crippen LogP contribution < -0.4 is 0 Å². The van der Waals surface area contributed by atoms with Crippen molar-refractivity contribution in [3.05, 3.63) is 24.3 Å². The van der Waals surface area contributed by atoms with E-state index in [1.54, 1.807) is 7.11 Å². The van der Waals surface area contributed by atoms with Gasteiger partial charge in [0.15, 0.2) is 33.3 Å². The maximum Gasteiger partial charge on any atom is 0.193 e. The van der Waals surface area contributed by atoms with Gasteiger partial charge in [-0.3, -0.25) is 4.79 Å². The average Bonchev–Trinajstić information content (AvgIpc) is 4.06. The first-order valence-electron chi connectivity index (χ1n) is 31.8. The lowest BCUT2D eigenvalue weighted by Gasteiger charge is -2.53. The molecule has 6 unspecified atom stereocenters. The van der Waals surface area contributed by atoms with Gasteiger partial charge in [-0.15, -0.1) is 0 Å². The fraction of sp³-hybridized carbons (Fsp3) is 0.922. The van der Waals surface area contributed by atoms with Crippen molar-refractivity contribution in [3.63, 3.8) is 0 Å². The van der Waals surface area contributed by atoms with Gasteiger partial charge in [0, 0.05) is 49.6 Å². The van der Waals surface area contributed by atoms with E-state index in [1.807, 2.05) is 0 Å². The van der Waals surface area contributed by atoms with Crippen LogP contribution in [0.3, 0.4) is 0 Å². The molecular formula is C64H119IO13Si4. The summed E-state index contributed by atoms with van der Waals surface area (Å²) in [6, 6.07) is 0. The highest BCUT2D eigenvalue weighted by atomic mass is 127. The summed E-state index contributed by atoms with van der Waals surface area (Å²) in [6.45, 7) is 52.3. The quantitative estimate of drug-likeness (QED) is 0.0780. The highest BCUT2D eigenvalue weighted by Crippen LogP contribution is 2.49. The lowest BCUT2D eigenvalue weighted by molar-refractivity contribution is -0.269. The highest BCUT2D eigenvalue weighted by Gasteiger charge is 2.57. The van der Waals surface area contributed by atoms with Crippen molar-refractivity contribution >= 4 is 61.6 Å². The smallest absolute Gasteiger partial charge is 0.193 e. The lowest BCUT2D eigenvalue weighted by atomic mass is 9.82. The number of methoxy groups -OCH3 is 1. The first-order valence-corrected chi connectivity index (χ1v) is 45.0. The number of carbonyl (C=O) groups is 1. The molecule has 0 radical (unpaired) electrons. The van der Waals surface area contributed by atoms with Crippen LogP contribution in [0.4, 0.5) is 0 Å². The number of rotatable bonds is 13. The minimum absolute atomic E-state index is 0.00946. The summed E-state index contributed by atoms with van der Waals surface area (Å²) in [5, 5.41) is 24.9. The number of hydrogen-bond donors (Lipinski definition) is 2. The van der Waals surface area contributed by atoms with E-state index in [4.69, 9.17) is 46.1 Å². The fourth-order valence-corrected chi connectivity index (χ4v) is 18.3. The van der Waals surface area contributed by atoms with Gasteiger partial charge in [0.25, 0.3) is 0 Å². The number of allylic oxidation sites excluding steroid dienone is 1. The van der Waals surface area contributed by atoms with Crippen LogP contribution in [0.25, 0.3) is 0 Å². The molecule has 0 aliphatic carbocycles. The number of ketones is 1. The van der Waals surface area contributed by atoms with Gasteiger partial charge in [-0.1, -0.05) is 131 Å². The van der Waals surface area contributed by atoms with Crippen LogP contribution in [0.5, 0.6) is 0 Å². The number of aliphatic hydroxyl groups is 2. The normalized spacial score (nSPS) is 37.5. The Morgan fingerprint density at radius 1 is 0.707 bits per heavy atom. The first kappa shape index (κ1) is 71.3. The van der Waals surface area contributed by atoms with Crippen LogP contribution in [-0.2, 0) is 50.9 Å². The number of halogens is 1. The molecule has 8 heterocycles. The minimum atomic E-state index is -2.52. The molecular weight excluding hydrogens is 1220 g/mol. The van der Waals surface area contributed by atoms with Gasteiger partial charge < -0.3 is 56.3 Å². The number of carbonyl (C=O) groups excluding carboxylic acids is 1. The maximum atomic E-state index is 14.9. The molecule has 0 aromatic carbocycles. The fourth-order valence-electron chi connectivity index (χ4n) is 12.4. The molecule has 0 saturated carbocycles. The van der Waals surface area contributed by atoms with Crippen molar-refractivity contribution in [2.24, 2.45) is 11.8 Å². The number of fused-ring (bicyclic) bond motifs is 2. The summed E-state index contributed by atoms with van der Waals surface area (Å²) < 4.78 is 71.6. The molecule has 0 aromatic rings. The number of hydrogen-bond acceptors (Lipinski definition) is 13. The van der Waals surface area contributed by atoms with Gasteiger partial charge >= 0.3 is 0 Å². The summed E-state index contributed by atoms with van der Waals surface area (Å²) in [4.78, 5) is 14.9. The van der Waals surface area contributed by atoms with Crippen molar-refractivity contribution in [1.82, 2.24) is 0 Å². The van der Waals surface area contributed by atoms with Crippen LogP contribution in [-0.4, -0.2) is 165 Å². The predicted octanol–water partition coefficient (Wildman–Crippen LogP) is 14.6. The van der Waals surface area contributed by atoms with Gasteiger partial charge in [0.1, 0.15) is 35.8 Å². The summed E-state index contributed by atoms with van der Waals surface area (Å²) >= 11 is 2.50. The predicted molar refractivity (Wildman–Crippen MR) is 349 cm³/mol. The van der Waals surface area contributed by atoms with Gasteiger partial charge in [-0.25, -0.2) is 0 Å². The second-order valence-electron chi connectivity index (χ2n) is 32.2. The van der Waals surface area contributed by atoms with Gasteiger partial charge in [0.05, 0.1) is 73.8 Å². The molecule has 18 heteroatoms. The van der Waals surface area contributed by atoms with Crippen LogP contribution >= 0.6 is 22.6 Å². The summed E-state index contributed by atoms with van der Waals surface area (Å²) in [6.07, 6.45) is 6.09. The van der Waals surface area contributed by atoms with E-state index in [-0.39, 0.29) is 87.1 Å². The SMILES string of the molecule is C=C1[C@H](C)C[C@H]2CC[C@@H]3O[C@@H](CCC/C=C/C(O[Si](C)(C)C(C)(C)C)[C@@H]4O[C@H]5CCC(CC(=O)CC6[C@@H](OC)C(CC(CO[Si](C)(C)C(C)(C)C)O[Si](C)(C)C(C)(C)C)O[C@H]6C[C@H]1O)O[C@@H]5[C@H](O)C4O[Si](C)(C)C(C)(C)C)C[C@]3(CI)O2. The molecule has 5 fully saturated rings. The van der Waals surface area contributed by atoms with E-state index in [9.17, 15) is 15.0 Å². The number of aliphatic hydroxyl groups excluding tert-OH is 2. The third-order valence-corrected chi connectivity index (χ3v) is 41.1. The van der Waals surface area contributed by atoms with Crippen LogP contribution in [0.1, 0.15) is 173 Å². The molecule has 2 N–H and O–H groups in total. The Hall–Kier alpha value is 0.268. The Bertz CT molecular complexity index is 2130. The second-order valence-corrected chi connectivity index (χ2v) is 52.1. The zero-order valence-corrected chi connectivity index (χ0v) is 61.7. The molecule has 8 rings (SSSR count). The second kappa shape index (κ2) is 27.4. The average molecular weight is 1340 g/mol. The van der Waals surface area contributed by atoms with Gasteiger partial charge in [-0.05, 0) is 135 Å². The molecule has 13 nitrogen and oxygen atoms in total. The molecule has 476 valence electrons. The standard InChI is InChI=1S/C64H119IO13Si4/c1-41-33-45-30-32-54-64(40-65,75-45)38-46(71-54)27-25-24-26-28-51(77-81(20,21)62(9,10)11)58-59(78-82(22,23)63(12,13)14)55(68)57-50(74-58)31-29-44(72-57)34-43(66)35-48-52(37-49(67)42(41)2)73-53(56(48)69-15)36-47(76-80(18,19)61(6,7)8)39-70-79(16,17)60(3,4)5/h26,28,41,44-59,67-68H,2,24-25,27,29-40H2,1,3-23H3/b28-26+/t41-,44?,45-,46+,47?,48?,49-,50+,51?,52+,53?,54+,55+,56-,57+,58+,59?,64-/m1/s1. The number of Topliss-reactive ketones (excluding diaryl/α,β-unsaturated/α-hetero) is 1. The monoisotopic (exact) mass is 1330 g/mol. The third kappa shape index (κ3) is 17.0. The summed E-state index contributed by atoms with van der Waals surface area (Å²) in [5.41, 5.74) is 0.389. The van der Waals surface area contributed by atoms with Crippen molar-refractivity contribution in [2.45, 2.75) is 343 Å². The first-order chi connectivity index (χ1) is 37.6. The Labute approximate surface area is 516 Å². The zero-order valence-electron chi connectivity index (χ0n) is 55.5. The van der Waals surface area contributed by atoms with E-state index >= 15 is 0 Å². The number of ether oxygens (including phenoxy) is 6. The van der Waals surface area contributed by atoms with Crippen LogP contribution in [0.2, 0.25) is 72.5 Å². The van der Waals surface area contributed by atoms with E-state index in [2.05, 4.69) is 184 Å². The van der Waals surface area contributed by atoms with E-state index < -0.39 is 100 Å². The molecule has 7 bridgehead atoms. The molecule has 0 amide bonds. The van der Waals surface area contributed by atoms with E-state index in [0.717, 1.165) is 54.9 Å². The Kier molecular flexibility index (Phi) is 23.8. The third-order valence-electron chi connectivity index (χ3n) is 21.9. The van der Waals surface area contributed by atoms with Crippen LogP contribution in [0, 0.1) is 11.8 Å². The molecule has 82 heavy (non-hydrogen) atoms. The van der Waals surface area contributed by atoms with Gasteiger partial charge in [0.2, 0.25) is 0 Å². The summed E-state index contributed by atoms with van der Waals surface area (Å²) in [5.74, 6) is -0.372. The largest absolute Gasteiger partial charge is 0.414 e. The van der Waals surface area contributed by atoms with Crippen molar-refractivity contribution in [2.75, 3.05) is 18.1 Å². The van der Waals surface area contributed by atoms with E-state index in [1.165, 1.54) is 0 Å². The minimum Gasteiger partial charge on any atom is -0.414 e. The van der Waals surface area contributed by atoms with Crippen molar-refractivity contribution in [3.8, 4) is 0 Å². The molecule has 0 spiro atoms. The molecule has 0 aromatic heterocycles. The zero-order chi connectivity index (χ0) is 61.6. The van der Waals surface area contributed by atoms with Crippen molar-refractivity contribution in [1.29, 1.82) is 0 Å². The summed E-state index contributed by atoms with van der Waals surface area (Å²) in [7, 11) is -7.67. The Morgan fingerprint density at radius 2 is 1.32 bits per heavy atom.